The van der Waals surface area contributed by atoms with Gasteiger partial charge in [-0.2, -0.15) is 0 Å². The van der Waals surface area contributed by atoms with Gasteiger partial charge in [0.1, 0.15) is 5.84 Å². The van der Waals surface area contributed by atoms with Crippen LogP contribution in [-0.4, -0.2) is 35.9 Å². The molecule has 0 aliphatic carbocycles. The Kier molecular flexibility index (Phi) is 7.71. The fraction of sp³-hybridized carbons (Fsp3) is 0.160. The lowest BCUT2D eigenvalue weighted by Gasteiger charge is -2.26. The van der Waals surface area contributed by atoms with Crippen molar-refractivity contribution in [2.24, 2.45) is 0 Å². The van der Waals surface area contributed by atoms with Crippen molar-refractivity contribution in [1.29, 1.82) is 5.41 Å². The Morgan fingerprint density at radius 3 is 1.50 bits per heavy atom. The van der Waals surface area contributed by atoms with Gasteiger partial charge in [0.15, 0.2) is 0 Å². The molecule has 3 rings (SSSR count). The van der Waals surface area contributed by atoms with Crippen LogP contribution in [0.5, 0.6) is 0 Å². The number of nitro benzene ring substituents is 1. The SMILES string of the molecule is CCOC(=O)c1ccc(N(C(=N)c2ccc([N+](=O)[O-])cc2)c2ccc(C(=O)OCC)cc2)cc1. The molecular formula is C25H23N3O6. The van der Waals surface area contributed by atoms with E-state index < -0.39 is 16.9 Å². The predicted octanol–water partition coefficient (Wildman–Crippen LogP) is 5.11. The van der Waals surface area contributed by atoms with Crippen LogP contribution >= 0.6 is 0 Å². The van der Waals surface area contributed by atoms with Crippen molar-refractivity contribution >= 4 is 34.8 Å². The smallest absolute Gasteiger partial charge is 0.338 e. The second-order valence-electron chi connectivity index (χ2n) is 7.02. The van der Waals surface area contributed by atoms with Gasteiger partial charge in [0.05, 0.1) is 29.3 Å². The summed E-state index contributed by atoms with van der Waals surface area (Å²) in [6.45, 7) is 3.95. The number of nitrogens with zero attached hydrogens (tertiary/aromatic N) is 2. The van der Waals surface area contributed by atoms with Crippen molar-refractivity contribution in [3.05, 3.63) is 99.6 Å². The minimum Gasteiger partial charge on any atom is -0.462 e. The molecule has 0 saturated heterocycles. The zero-order valence-electron chi connectivity index (χ0n) is 18.7. The Labute approximate surface area is 196 Å². The summed E-state index contributed by atoms with van der Waals surface area (Å²) in [5.74, 6) is -0.864. The molecule has 9 nitrogen and oxygen atoms in total. The first kappa shape index (κ1) is 24.1. The number of hydrogen-bond acceptors (Lipinski definition) is 7. The summed E-state index contributed by atoms with van der Waals surface area (Å²) in [6.07, 6.45) is 0. The first-order valence-corrected chi connectivity index (χ1v) is 10.5. The third kappa shape index (κ3) is 5.44. The van der Waals surface area contributed by atoms with Crippen LogP contribution in [0.3, 0.4) is 0 Å². The number of anilines is 2. The summed E-state index contributed by atoms with van der Waals surface area (Å²) < 4.78 is 10.0. The summed E-state index contributed by atoms with van der Waals surface area (Å²) in [6, 6.07) is 18.7. The number of nitro groups is 1. The number of benzene rings is 3. The molecule has 0 spiro atoms. The second-order valence-corrected chi connectivity index (χ2v) is 7.02. The van der Waals surface area contributed by atoms with Gasteiger partial charge in [0, 0.05) is 29.1 Å². The summed E-state index contributed by atoms with van der Waals surface area (Å²) in [4.78, 5) is 36.1. The molecule has 174 valence electrons. The van der Waals surface area contributed by atoms with E-state index in [1.807, 2.05) is 0 Å². The van der Waals surface area contributed by atoms with Crippen molar-refractivity contribution < 1.29 is 24.0 Å². The minimum absolute atomic E-state index is 0.0441. The van der Waals surface area contributed by atoms with E-state index in [9.17, 15) is 19.7 Å². The number of ether oxygens (including phenoxy) is 2. The summed E-state index contributed by atoms with van der Waals surface area (Å²) in [5.41, 5.74) is 2.23. The van der Waals surface area contributed by atoms with Crippen molar-refractivity contribution in [1.82, 2.24) is 0 Å². The predicted molar refractivity (Wildman–Crippen MR) is 127 cm³/mol. The van der Waals surface area contributed by atoms with Crippen LogP contribution < -0.4 is 4.90 Å². The van der Waals surface area contributed by atoms with Crippen molar-refractivity contribution in [2.45, 2.75) is 13.8 Å². The minimum atomic E-state index is -0.507. The average molecular weight is 461 g/mol. The normalized spacial score (nSPS) is 10.3. The first-order valence-electron chi connectivity index (χ1n) is 10.5. The molecule has 0 radical (unpaired) electrons. The molecule has 9 heteroatoms. The van der Waals surface area contributed by atoms with Gasteiger partial charge in [-0.25, -0.2) is 9.59 Å². The van der Waals surface area contributed by atoms with E-state index in [1.165, 1.54) is 24.3 Å². The van der Waals surface area contributed by atoms with E-state index in [2.05, 4.69) is 0 Å². The second kappa shape index (κ2) is 10.9. The van der Waals surface area contributed by atoms with Crippen molar-refractivity contribution in [2.75, 3.05) is 18.1 Å². The monoisotopic (exact) mass is 461 g/mol. The highest BCUT2D eigenvalue weighted by atomic mass is 16.6. The third-order valence-electron chi connectivity index (χ3n) is 4.85. The van der Waals surface area contributed by atoms with E-state index >= 15 is 0 Å². The molecule has 34 heavy (non-hydrogen) atoms. The highest BCUT2D eigenvalue weighted by Gasteiger charge is 2.19. The lowest BCUT2D eigenvalue weighted by Crippen LogP contribution is -2.26. The Morgan fingerprint density at radius 2 is 1.15 bits per heavy atom. The lowest BCUT2D eigenvalue weighted by atomic mass is 10.1. The number of amidine groups is 1. The Hall–Kier alpha value is -4.53. The van der Waals surface area contributed by atoms with E-state index in [4.69, 9.17) is 14.9 Å². The van der Waals surface area contributed by atoms with Crippen LogP contribution in [0.25, 0.3) is 0 Å². The molecular weight excluding hydrogens is 438 g/mol. The molecule has 0 aliphatic rings. The summed E-state index contributed by atoms with van der Waals surface area (Å²) in [7, 11) is 0. The molecule has 0 unspecified atom stereocenters. The quantitative estimate of drug-likeness (QED) is 0.162. The molecule has 3 aromatic rings. The number of rotatable bonds is 8. The third-order valence-corrected chi connectivity index (χ3v) is 4.85. The van der Waals surface area contributed by atoms with E-state index in [0.29, 0.717) is 28.1 Å². The Bertz CT molecular complexity index is 1130. The van der Waals surface area contributed by atoms with Gasteiger partial charge in [0.2, 0.25) is 0 Å². The van der Waals surface area contributed by atoms with Gasteiger partial charge in [-0.15, -0.1) is 0 Å². The fourth-order valence-electron chi connectivity index (χ4n) is 3.20. The van der Waals surface area contributed by atoms with Crippen LogP contribution in [0.1, 0.15) is 40.1 Å². The van der Waals surface area contributed by atoms with Gasteiger partial charge >= 0.3 is 11.9 Å². The molecule has 0 heterocycles. The average Bonchev–Trinajstić information content (AvgIpc) is 2.85. The summed E-state index contributed by atoms with van der Waals surface area (Å²) >= 11 is 0. The van der Waals surface area contributed by atoms with E-state index in [1.54, 1.807) is 67.3 Å². The van der Waals surface area contributed by atoms with Crippen LogP contribution in [0, 0.1) is 15.5 Å². The van der Waals surface area contributed by atoms with Gasteiger partial charge in [-0.1, -0.05) is 0 Å². The molecule has 0 amide bonds. The maximum atomic E-state index is 12.0. The van der Waals surface area contributed by atoms with Crippen LogP contribution in [0.2, 0.25) is 0 Å². The molecule has 0 bridgehead atoms. The van der Waals surface area contributed by atoms with Crippen LogP contribution in [0.15, 0.2) is 72.8 Å². The molecule has 0 saturated carbocycles. The van der Waals surface area contributed by atoms with E-state index in [-0.39, 0.29) is 24.7 Å². The zero-order valence-corrected chi connectivity index (χ0v) is 18.7. The number of nitrogens with one attached hydrogen (secondary N) is 1. The van der Waals surface area contributed by atoms with Crippen LogP contribution in [0.4, 0.5) is 17.1 Å². The first-order chi connectivity index (χ1) is 16.3. The lowest BCUT2D eigenvalue weighted by molar-refractivity contribution is -0.384. The zero-order chi connectivity index (χ0) is 24.7. The standard InChI is InChI=1S/C25H23N3O6/c1-3-33-24(29)18-7-11-20(12-8-18)27(21-13-9-19(10-14-21)25(30)34-4-2)23(26)17-5-15-22(16-6-17)28(31)32/h5-16,26H,3-4H2,1-2H3. The molecule has 0 aromatic heterocycles. The molecule has 0 aliphatic heterocycles. The van der Waals surface area contributed by atoms with Crippen molar-refractivity contribution in [3.63, 3.8) is 0 Å². The Balaban J connectivity index is 2.01. The molecule has 3 aromatic carbocycles. The topological polar surface area (TPSA) is 123 Å². The van der Waals surface area contributed by atoms with Gasteiger partial charge in [-0.05, 0) is 74.5 Å². The highest BCUT2D eigenvalue weighted by Crippen LogP contribution is 2.29. The molecule has 0 fully saturated rings. The molecule has 1 N–H and O–H groups in total. The van der Waals surface area contributed by atoms with Gasteiger partial charge < -0.3 is 9.47 Å². The fourth-order valence-corrected chi connectivity index (χ4v) is 3.20. The number of carbonyl (C=O) groups excluding carboxylic acids is 2. The number of hydrogen-bond donors (Lipinski definition) is 1. The maximum Gasteiger partial charge on any atom is 0.338 e. The summed E-state index contributed by atoms with van der Waals surface area (Å²) in [5, 5.41) is 19.8. The Morgan fingerprint density at radius 1 is 0.765 bits per heavy atom. The van der Waals surface area contributed by atoms with Crippen LogP contribution in [-0.2, 0) is 9.47 Å². The number of esters is 2. The number of carbonyl (C=O) groups is 2. The highest BCUT2D eigenvalue weighted by molar-refractivity contribution is 6.12. The van der Waals surface area contributed by atoms with Gasteiger partial charge in [-0.3, -0.25) is 20.4 Å². The van der Waals surface area contributed by atoms with Crippen molar-refractivity contribution in [3.8, 4) is 0 Å². The molecule has 0 atom stereocenters. The van der Waals surface area contributed by atoms with E-state index in [0.717, 1.165) is 0 Å². The number of non-ortho nitro benzene ring substituents is 1. The van der Waals surface area contributed by atoms with Gasteiger partial charge in [0.25, 0.3) is 5.69 Å². The largest absolute Gasteiger partial charge is 0.462 e. The maximum absolute atomic E-state index is 12.0.